The van der Waals surface area contributed by atoms with Crippen molar-refractivity contribution in [1.29, 1.82) is 0 Å². The number of methoxy groups -OCH3 is 2. The third-order valence-electron chi connectivity index (χ3n) is 2.97. The number of phenolic OH excluding ortho intramolecular Hbond substituents is 1. The zero-order valence-electron chi connectivity index (χ0n) is 12.1. The molecule has 0 fully saturated rings. The molecule has 0 amide bonds. The first-order chi connectivity index (χ1) is 10.2. The Hall–Kier alpha value is -2.07. The van der Waals surface area contributed by atoms with Gasteiger partial charge >= 0.3 is 0 Å². The molecule has 3 nitrogen and oxygen atoms in total. The maximum absolute atomic E-state index is 9.53. The molecular weight excluding hydrogens is 284 g/mol. The minimum atomic E-state index is 0.153. The largest absolute Gasteiger partial charge is 0.504 e. The first-order valence-electron chi connectivity index (χ1n) is 6.51. The third-order valence-corrected chi connectivity index (χ3v) is 3.80. The summed E-state index contributed by atoms with van der Waals surface area (Å²) in [5.41, 5.74) is 2.24. The summed E-state index contributed by atoms with van der Waals surface area (Å²) in [6.45, 7) is 0. The molecule has 110 valence electrons. The smallest absolute Gasteiger partial charge is 0.161 e. The van der Waals surface area contributed by atoms with E-state index in [0.717, 1.165) is 17.1 Å². The molecule has 0 unspecified atom stereocenters. The third kappa shape index (κ3) is 4.46. The Kier molecular flexibility index (Phi) is 5.58. The summed E-state index contributed by atoms with van der Waals surface area (Å²) in [6.07, 6.45) is 2.00. The Morgan fingerprint density at radius 1 is 1.05 bits per heavy atom. The number of hydrogen-bond acceptors (Lipinski definition) is 4. The fourth-order valence-corrected chi connectivity index (χ4v) is 2.53. The fourth-order valence-electron chi connectivity index (χ4n) is 1.79. The van der Waals surface area contributed by atoms with E-state index in [0.29, 0.717) is 5.75 Å². The second-order valence-electron chi connectivity index (χ2n) is 4.39. The van der Waals surface area contributed by atoms with Crippen LogP contribution in [0.15, 0.2) is 47.9 Å². The van der Waals surface area contributed by atoms with Crippen molar-refractivity contribution in [3.63, 3.8) is 0 Å². The highest BCUT2D eigenvalue weighted by atomic mass is 32.2. The van der Waals surface area contributed by atoms with Crippen LogP contribution < -0.4 is 9.47 Å². The van der Waals surface area contributed by atoms with Crippen LogP contribution in [0.5, 0.6) is 17.2 Å². The van der Waals surface area contributed by atoms with Gasteiger partial charge in [-0.15, -0.1) is 11.8 Å². The Morgan fingerprint density at radius 2 is 1.81 bits per heavy atom. The van der Waals surface area contributed by atoms with Crippen molar-refractivity contribution in [3.8, 4) is 17.2 Å². The highest BCUT2D eigenvalue weighted by molar-refractivity contribution is 8.01. The first kappa shape index (κ1) is 15.3. The Morgan fingerprint density at radius 3 is 2.48 bits per heavy atom. The molecule has 0 saturated heterocycles. The minimum absolute atomic E-state index is 0.153. The molecule has 2 aromatic rings. The summed E-state index contributed by atoms with van der Waals surface area (Å²) in [7, 11) is 3.21. The van der Waals surface area contributed by atoms with Crippen LogP contribution in [0.2, 0.25) is 0 Å². The second kappa shape index (κ2) is 7.64. The van der Waals surface area contributed by atoms with E-state index in [1.54, 1.807) is 38.1 Å². The molecule has 0 aliphatic carbocycles. The van der Waals surface area contributed by atoms with Gasteiger partial charge < -0.3 is 14.6 Å². The quantitative estimate of drug-likeness (QED) is 0.863. The van der Waals surface area contributed by atoms with Crippen molar-refractivity contribution >= 4 is 17.8 Å². The lowest BCUT2D eigenvalue weighted by Crippen LogP contribution is -1.84. The molecule has 0 saturated carbocycles. The van der Waals surface area contributed by atoms with Crippen molar-refractivity contribution in [2.24, 2.45) is 0 Å². The van der Waals surface area contributed by atoms with Crippen LogP contribution in [0.1, 0.15) is 11.1 Å². The van der Waals surface area contributed by atoms with Crippen LogP contribution >= 0.6 is 11.8 Å². The minimum Gasteiger partial charge on any atom is -0.504 e. The van der Waals surface area contributed by atoms with E-state index in [4.69, 9.17) is 9.47 Å². The van der Waals surface area contributed by atoms with Crippen LogP contribution in [0, 0.1) is 0 Å². The van der Waals surface area contributed by atoms with E-state index < -0.39 is 0 Å². The first-order valence-corrected chi connectivity index (χ1v) is 7.56. The summed E-state index contributed by atoms with van der Waals surface area (Å²) in [5, 5.41) is 11.6. The summed E-state index contributed by atoms with van der Waals surface area (Å²) in [5.74, 6) is 2.41. The van der Waals surface area contributed by atoms with Crippen LogP contribution in [-0.2, 0) is 5.75 Å². The molecule has 2 aromatic carbocycles. The van der Waals surface area contributed by atoms with E-state index in [9.17, 15) is 5.11 Å². The van der Waals surface area contributed by atoms with Crippen LogP contribution in [0.25, 0.3) is 6.08 Å². The van der Waals surface area contributed by atoms with Gasteiger partial charge in [-0.05, 0) is 46.9 Å². The van der Waals surface area contributed by atoms with E-state index in [2.05, 4.69) is 12.1 Å². The SMILES string of the molecule is COc1ccc(CS/C=C\c2ccc(O)c(OC)c2)cc1. The molecule has 0 radical (unpaired) electrons. The van der Waals surface area contributed by atoms with Gasteiger partial charge in [0.1, 0.15) is 5.75 Å². The number of thioether (sulfide) groups is 1. The Bertz CT molecular complexity index is 606. The Labute approximate surface area is 129 Å². The number of benzene rings is 2. The van der Waals surface area contributed by atoms with Crippen LogP contribution in [0.4, 0.5) is 0 Å². The number of ether oxygens (including phenoxy) is 2. The average molecular weight is 302 g/mol. The summed E-state index contributed by atoms with van der Waals surface area (Å²) >= 11 is 1.71. The Balaban J connectivity index is 1.90. The molecule has 0 atom stereocenters. The zero-order chi connectivity index (χ0) is 15.1. The second-order valence-corrected chi connectivity index (χ2v) is 5.29. The van der Waals surface area contributed by atoms with Gasteiger partial charge in [-0.25, -0.2) is 0 Å². The topological polar surface area (TPSA) is 38.7 Å². The van der Waals surface area contributed by atoms with Gasteiger partial charge in [-0.2, -0.15) is 0 Å². The lowest BCUT2D eigenvalue weighted by Gasteiger charge is -2.04. The van der Waals surface area contributed by atoms with Gasteiger partial charge in [0, 0.05) is 5.75 Å². The molecule has 0 aromatic heterocycles. The molecular formula is C17H18O3S. The van der Waals surface area contributed by atoms with E-state index >= 15 is 0 Å². The van der Waals surface area contributed by atoms with E-state index in [1.165, 1.54) is 5.56 Å². The van der Waals surface area contributed by atoms with Gasteiger partial charge in [0.05, 0.1) is 14.2 Å². The van der Waals surface area contributed by atoms with Crippen molar-refractivity contribution in [2.45, 2.75) is 5.75 Å². The number of aromatic hydroxyl groups is 1. The number of rotatable bonds is 6. The fraction of sp³-hybridized carbons (Fsp3) is 0.176. The molecule has 0 spiro atoms. The van der Waals surface area contributed by atoms with E-state index in [1.807, 2.05) is 29.7 Å². The standard InChI is InChI=1S/C17H18O3S/c1-19-15-6-3-14(4-7-15)12-21-10-9-13-5-8-16(18)17(11-13)20-2/h3-11,18H,12H2,1-2H3/b10-9-. The predicted octanol–water partition coefficient (Wildman–Crippen LogP) is 4.31. The highest BCUT2D eigenvalue weighted by Crippen LogP contribution is 2.27. The average Bonchev–Trinajstić information content (AvgIpc) is 2.53. The summed E-state index contributed by atoms with van der Waals surface area (Å²) in [6, 6.07) is 13.3. The van der Waals surface area contributed by atoms with E-state index in [-0.39, 0.29) is 5.75 Å². The lowest BCUT2D eigenvalue weighted by molar-refractivity contribution is 0.373. The summed E-state index contributed by atoms with van der Waals surface area (Å²) in [4.78, 5) is 0. The number of hydrogen-bond donors (Lipinski definition) is 1. The molecule has 0 heterocycles. The van der Waals surface area contributed by atoms with Gasteiger partial charge in [-0.1, -0.05) is 18.2 Å². The van der Waals surface area contributed by atoms with Crippen molar-refractivity contribution in [1.82, 2.24) is 0 Å². The maximum atomic E-state index is 9.53. The predicted molar refractivity (Wildman–Crippen MR) is 88.0 cm³/mol. The molecule has 4 heteroatoms. The molecule has 0 aliphatic rings. The van der Waals surface area contributed by atoms with Gasteiger partial charge in [0.2, 0.25) is 0 Å². The lowest BCUT2D eigenvalue weighted by atomic mass is 10.2. The monoisotopic (exact) mass is 302 g/mol. The summed E-state index contributed by atoms with van der Waals surface area (Å²) < 4.78 is 10.2. The van der Waals surface area contributed by atoms with Crippen molar-refractivity contribution < 1.29 is 14.6 Å². The molecule has 21 heavy (non-hydrogen) atoms. The molecule has 1 N–H and O–H groups in total. The van der Waals surface area contributed by atoms with Gasteiger partial charge in [0.25, 0.3) is 0 Å². The maximum Gasteiger partial charge on any atom is 0.161 e. The zero-order valence-corrected chi connectivity index (χ0v) is 12.9. The number of phenols is 1. The van der Waals surface area contributed by atoms with Crippen molar-refractivity contribution in [2.75, 3.05) is 14.2 Å². The van der Waals surface area contributed by atoms with Crippen LogP contribution in [-0.4, -0.2) is 19.3 Å². The van der Waals surface area contributed by atoms with Gasteiger partial charge in [-0.3, -0.25) is 0 Å². The van der Waals surface area contributed by atoms with Gasteiger partial charge in [0.15, 0.2) is 11.5 Å². The van der Waals surface area contributed by atoms with Crippen LogP contribution in [0.3, 0.4) is 0 Å². The highest BCUT2D eigenvalue weighted by Gasteiger charge is 2.00. The normalized spacial score (nSPS) is 10.8. The molecule has 0 aliphatic heterocycles. The molecule has 2 rings (SSSR count). The molecule has 0 bridgehead atoms. The van der Waals surface area contributed by atoms with Crippen molar-refractivity contribution in [3.05, 3.63) is 59.0 Å².